The van der Waals surface area contributed by atoms with Crippen LogP contribution in [0.5, 0.6) is 0 Å². The molecule has 0 bridgehead atoms. The second-order valence-electron chi connectivity index (χ2n) is 6.08. The third kappa shape index (κ3) is 2.38. The monoisotopic (exact) mass is 306 g/mol. The molecule has 1 amide bonds. The Kier molecular flexibility index (Phi) is 3.15. The van der Waals surface area contributed by atoms with E-state index in [1.165, 1.54) is 5.56 Å². The summed E-state index contributed by atoms with van der Waals surface area (Å²) >= 11 is 0. The van der Waals surface area contributed by atoms with E-state index in [9.17, 15) is 4.79 Å². The van der Waals surface area contributed by atoms with Crippen LogP contribution in [0.15, 0.2) is 36.7 Å². The zero-order chi connectivity index (χ0) is 16.0. The van der Waals surface area contributed by atoms with Crippen molar-refractivity contribution in [3.8, 4) is 11.3 Å². The van der Waals surface area contributed by atoms with Crippen molar-refractivity contribution in [1.82, 2.24) is 14.8 Å². The highest BCUT2D eigenvalue weighted by molar-refractivity contribution is 5.98. The van der Waals surface area contributed by atoms with Gasteiger partial charge in [-0.2, -0.15) is 5.10 Å². The van der Waals surface area contributed by atoms with Gasteiger partial charge in [0.15, 0.2) is 0 Å². The van der Waals surface area contributed by atoms with Gasteiger partial charge in [0, 0.05) is 42.8 Å². The van der Waals surface area contributed by atoms with Gasteiger partial charge in [-0.25, -0.2) is 4.98 Å². The van der Waals surface area contributed by atoms with Crippen LogP contribution < -0.4 is 4.90 Å². The van der Waals surface area contributed by atoms with E-state index in [1.807, 2.05) is 36.5 Å². The van der Waals surface area contributed by atoms with Crippen molar-refractivity contribution in [3.63, 3.8) is 0 Å². The number of aromatic nitrogens is 3. The van der Waals surface area contributed by atoms with E-state index in [-0.39, 0.29) is 5.91 Å². The molecule has 1 aromatic carbocycles. The number of hydrogen-bond acceptors (Lipinski definition) is 3. The lowest BCUT2D eigenvalue weighted by Gasteiger charge is -2.16. The lowest BCUT2D eigenvalue weighted by Crippen LogP contribution is -2.23. The molecule has 4 rings (SSSR count). The Morgan fingerprint density at radius 1 is 1.22 bits per heavy atom. The van der Waals surface area contributed by atoms with Crippen LogP contribution in [0, 0.1) is 6.92 Å². The predicted octanol–water partition coefficient (Wildman–Crippen LogP) is 3.07. The van der Waals surface area contributed by atoms with E-state index in [2.05, 4.69) is 24.2 Å². The number of aryl methyl sites for hydroxylation is 2. The van der Waals surface area contributed by atoms with Crippen molar-refractivity contribution in [3.05, 3.63) is 42.2 Å². The Bertz CT molecular complexity index is 913. The topological polar surface area (TPSA) is 51.0 Å². The molecule has 1 aliphatic heterocycles. The number of nitrogens with zero attached hydrogens (tertiary/aromatic N) is 4. The van der Waals surface area contributed by atoms with Gasteiger partial charge in [-0.3, -0.25) is 9.48 Å². The van der Waals surface area contributed by atoms with Gasteiger partial charge in [-0.15, -0.1) is 0 Å². The number of carbonyl (C=O) groups excluding carboxylic acids is 1. The molecule has 0 saturated carbocycles. The van der Waals surface area contributed by atoms with Crippen molar-refractivity contribution in [1.29, 1.82) is 0 Å². The summed E-state index contributed by atoms with van der Waals surface area (Å²) in [7, 11) is 1.90. The third-order valence-corrected chi connectivity index (χ3v) is 4.39. The Hall–Kier alpha value is -2.69. The summed E-state index contributed by atoms with van der Waals surface area (Å²) in [6.07, 6.45) is 5.35. The van der Waals surface area contributed by atoms with Gasteiger partial charge in [-0.05, 0) is 37.1 Å². The fourth-order valence-electron chi connectivity index (χ4n) is 3.18. The fourth-order valence-corrected chi connectivity index (χ4v) is 3.18. The molecule has 3 aromatic rings. The van der Waals surface area contributed by atoms with Gasteiger partial charge in [-0.1, -0.05) is 6.07 Å². The van der Waals surface area contributed by atoms with Gasteiger partial charge >= 0.3 is 0 Å². The van der Waals surface area contributed by atoms with Crippen LogP contribution in [-0.4, -0.2) is 27.2 Å². The normalized spacial score (nSPS) is 14.9. The molecule has 0 aliphatic carbocycles. The van der Waals surface area contributed by atoms with Gasteiger partial charge in [0.05, 0.1) is 17.4 Å². The molecular formula is C18H18N4O. The summed E-state index contributed by atoms with van der Waals surface area (Å²) in [4.78, 5) is 18.6. The molecule has 1 aliphatic rings. The molecule has 1 fully saturated rings. The SMILES string of the molecule is Cc1cc(-c2cnn(C)c2)nc2cc(N3CCCC3=O)ccc12. The molecule has 5 heteroatoms. The number of benzene rings is 1. The minimum atomic E-state index is 0.199. The first kappa shape index (κ1) is 13.9. The minimum Gasteiger partial charge on any atom is -0.312 e. The highest BCUT2D eigenvalue weighted by atomic mass is 16.2. The predicted molar refractivity (Wildman–Crippen MR) is 90.3 cm³/mol. The second kappa shape index (κ2) is 5.19. The van der Waals surface area contributed by atoms with Crippen LogP contribution in [0.4, 0.5) is 5.69 Å². The van der Waals surface area contributed by atoms with Crippen molar-refractivity contribution in [2.24, 2.45) is 7.05 Å². The quantitative estimate of drug-likeness (QED) is 0.731. The second-order valence-corrected chi connectivity index (χ2v) is 6.08. The smallest absolute Gasteiger partial charge is 0.227 e. The van der Waals surface area contributed by atoms with Gasteiger partial charge in [0.25, 0.3) is 0 Å². The van der Waals surface area contributed by atoms with E-state index < -0.39 is 0 Å². The number of pyridine rings is 1. The summed E-state index contributed by atoms with van der Waals surface area (Å²) in [5.74, 6) is 0.199. The molecule has 23 heavy (non-hydrogen) atoms. The van der Waals surface area contributed by atoms with Crippen LogP contribution in [0.1, 0.15) is 18.4 Å². The summed E-state index contributed by atoms with van der Waals surface area (Å²) in [6, 6.07) is 8.18. The van der Waals surface area contributed by atoms with Crippen molar-refractivity contribution >= 4 is 22.5 Å². The number of anilines is 1. The van der Waals surface area contributed by atoms with Crippen LogP contribution in [0.3, 0.4) is 0 Å². The largest absolute Gasteiger partial charge is 0.312 e. The molecule has 2 aromatic heterocycles. The molecule has 0 unspecified atom stereocenters. The van der Waals surface area contributed by atoms with Crippen LogP contribution >= 0.6 is 0 Å². The number of fused-ring (bicyclic) bond motifs is 1. The zero-order valence-corrected chi connectivity index (χ0v) is 13.3. The van der Waals surface area contributed by atoms with Gasteiger partial charge < -0.3 is 4.90 Å². The maximum absolute atomic E-state index is 12.0. The summed E-state index contributed by atoms with van der Waals surface area (Å²) in [5.41, 5.74) is 4.94. The first-order valence-electron chi connectivity index (χ1n) is 7.82. The summed E-state index contributed by atoms with van der Waals surface area (Å²) < 4.78 is 1.77. The first-order chi connectivity index (χ1) is 11.1. The Labute approximate surface area is 134 Å². The highest BCUT2D eigenvalue weighted by Gasteiger charge is 2.22. The third-order valence-electron chi connectivity index (χ3n) is 4.39. The molecule has 0 N–H and O–H groups in total. The van der Waals surface area contributed by atoms with Gasteiger partial charge in [0.1, 0.15) is 0 Å². The number of carbonyl (C=O) groups is 1. The Balaban J connectivity index is 1.84. The van der Waals surface area contributed by atoms with Crippen LogP contribution in [0.2, 0.25) is 0 Å². The maximum atomic E-state index is 12.0. The summed E-state index contributed by atoms with van der Waals surface area (Å²) in [5, 5.41) is 5.34. The average Bonchev–Trinajstić information content (AvgIpc) is 3.15. The highest BCUT2D eigenvalue weighted by Crippen LogP contribution is 2.29. The van der Waals surface area contributed by atoms with Crippen LogP contribution in [-0.2, 0) is 11.8 Å². The molecular weight excluding hydrogens is 288 g/mol. The number of hydrogen-bond donors (Lipinski definition) is 0. The number of rotatable bonds is 2. The van der Waals surface area contributed by atoms with E-state index in [0.29, 0.717) is 6.42 Å². The number of amides is 1. The molecule has 0 atom stereocenters. The van der Waals surface area contributed by atoms with Gasteiger partial charge in [0.2, 0.25) is 5.91 Å². The molecule has 0 spiro atoms. The summed E-state index contributed by atoms with van der Waals surface area (Å²) in [6.45, 7) is 2.89. The van der Waals surface area contributed by atoms with Crippen LogP contribution in [0.25, 0.3) is 22.2 Å². The molecule has 5 nitrogen and oxygen atoms in total. The standard InChI is InChI=1S/C18H18N4O/c1-12-8-16(13-10-19-21(2)11-13)20-17-9-14(5-6-15(12)17)22-7-3-4-18(22)23/h5-6,8-11H,3-4,7H2,1-2H3. The van der Waals surface area contributed by atoms with E-state index in [0.717, 1.165) is 40.8 Å². The Morgan fingerprint density at radius 3 is 2.78 bits per heavy atom. The van der Waals surface area contributed by atoms with Crippen molar-refractivity contribution in [2.45, 2.75) is 19.8 Å². The molecule has 116 valence electrons. The fraction of sp³-hybridized carbons (Fsp3) is 0.278. The van der Waals surface area contributed by atoms with Crippen molar-refractivity contribution < 1.29 is 4.79 Å². The Morgan fingerprint density at radius 2 is 2.09 bits per heavy atom. The molecule has 1 saturated heterocycles. The lowest BCUT2D eigenvalue weighted by molar-refractivity contribution is -0.117. The van der Waals surface area contributed by atoms with E-state index in [4.69, 9.17) is 4.98 Å². The van der Waals surface area contributed by atoms with E-state index in [1.54, 1.807) is 4.68 Å². The maximum Gasteiger partial charge on any atom is 0.227 e. The lowest BCUT2D eigenvalue weighted by atomic mass is 10.1. The van der Waals surface area contributed by atoms with Crippen molar-refractivity contribution in [2.75, 3.05) is 11.4 Å². The average molecular weight is 306 g/mol. The molecule has 3 heterocycles. The minimum absolute atomic E-state index is 0.199. The zero-order valence-electron chi connectivity index (χ0n) is 13.3. The van der Waals surface area contributed by atoms with E-state index >= 15 is 0 Å². The first-order valence-corrected chi connectivity index (χ1v) is 7.82. The molecule has 0 radical (unpaired) electrons.